The molecule has 0 aliphatic rings. The Labute approximate surface area is 110 Å². The summed E-state index contributed by atoms with van der Waals surface area (Å²) in [5.74, 6) is 0. The lowest BCUT2D eigenvalue weighted by molar-refractivity contribution is 0.380. The lowest BCUT2D eigenvalue weighted by Crippen LogP contribution is -2.35. The topological polar surface area (TPSA) is 63.4 Å². The molecule has 0 heterocycles. The van der Waals surface area contributed by atoms with Crippen molar-refractivity contribution in [1.29, 1.82) is 0 Å². The summed E-state index contributed by atoms with van der Waals surface area (Å²) < 4.78 is 26.6. The first-order valence-corrected chi connectivity index (χ1v) is 7.51. The van der Waals surface area contributed by atoms with Gasteiger partial charge in [-0.25, -0.2) is 8.42 Å². The number of nitrogens with two attached hydrogens (primary N) is 1. The van der Waals surface area contributed by atoms with Gasteiger partial charge in [0.2, 0.25) is 10.0 Å². The fourth-order valence-electron chi connectivity index (χ4n) is 1.88. The van der Waals surface area contributed by atoms with Gasteiger partial charge >= 0.3 is 0 Å². The highest BCUT2D eigenvalue weighted by molar-refractivity contribution is 7.89. The molecule has 0 saturated carbocycles. The van der Waals surface area contributed by atoms with E-state index in [1.807, 2.05) is 13.8 Å². The predicted octanol–water partition coefficient (Wildman–Crippen LogP) is 2.30. The van der Waals surface area contributed by atoms with E-state index >= 15 is 0 Å². The number of hydrogen-bond donors (Lipinski definition) is 1. The highest BCUT2D eigenvalue weighted by Gasteiger charge is 2.28. The maximum absolute atomic E-state index is 12.6. The smallest absolute Gasteiger partial charge is 0.243 e. The standard InChI is InChI=1S/C13H22N2O2S/c1-6-10(3)15(5)18(16,17)13-9(2)7-8-12(14)11(13)4/h7-8,10H,6,14H2,1-5H3. The second-order valence-electron chi connectivity index (χ2n) is 4.70. The van der Waals surface area contributed by atoms with Gasteiger partial charge in [-0.05, 0) is 44.4 Å². The molecular weight excluding hydrogens is 248 g/mol. The molecule has 0 amide bonds. The van der Waals surface area contributed by atoms with Crippen molar-refractivity contribution in [2.45, 2.75) is 45.1 Å². The molecule has 4 nitrogen and oxygen atoms in total. The van der Waals surface area contributed by atoms with Crippen LogP contribution in [-0.4, -0.2) is 25.8 Å². The van der Waals surface area contributed by atoms with E-state index in [9.17, 15) is 8.42 Å². The maximum Gasteiger partial charge on any atom is 0.243 e. The molecule has 1 unspecified atom stereocenters. The highest BCUT2D eigenvalue weighted by atomic mass is 32.2. The van der Waals surface area contributed by atoms with Crippen LogP contribution in [0.4, 0.5) is 5.69 Å². The minimum Gasteiger partial charge on any atom is -0.398 e. The minimum absolute atomic E-state index is 0.0322. The van der Waals surface area contributed by atoms with E-state index in [-0.39, 0.29) is 6.04 Å². The molecule has 1 rings (SSSR count). The molecule has 1 aromatic rings. The summed E-state index contributed by atoms with van der Waals surface area (Å²) in [6.45, 7) is 7.41. The molecule has 0 bridgehead atoms. The Morgan fingerprint density at radius 2 is 1.89 bits per heavy atom. The SMILES string of the molecule is CCC(C)N(C)S(=O)(=O)c1c(C)ccc(N)c1C. The largest absolute Gasteiger partial charge is 0.398 e. The zero-order chi connectivity index (χ0) is 14.1. The van der Waals surface area contributed by atoms with Gasteiger partial charge in [0.25, 0.3) is 0 Å². The van der Waals surface area contributed by atoms with Crippen molar-refractivity contribution in [1.82, 2.24) is 4.31 Å². The molecule has 18 heavy (non-hydrogen) atoms. The third-order valence-corrected chi connectivity index (χ3v) is 5.76. The molecule has 0 aliphatic carbocycles. The van der Waals surface area contributed by atoms with E-state index in [2.05, 4.69) is 0 Å². The number of rotatable bonds is 4. The number of hydrogen-bond acceptors (Lipinski definition) is 3. The van der Waals surface area contributed by atoms with E-state index in [0.717, 1.165) is 12.0 Å². The number of nitrogen functional groups attached to an aromatic ring is 1. The van der Waals surface area contributed by atoms with Crippen molar-refractivity contribution >= 4 is 15.7 Å². The molecule has 1 atom stereocenters. The Morgan fingerprint density at radius 1 is 1.33 bits per heavy atom. The van der Waals surface area contributed by atoms with Crippen molar-refractivity contribution in [2.75, 3.05) is 12.8 Å². The van der Waals surface area contributed by atoms with E-state index in [1.165, 1.54) is 4.31 Å². The molecule has 1 aromatic carbocycles. The molecule has 0 fully saturated rings. The van der Waals surface area contributed by atoms with Crippen LogP contribution < -0.4 is 5.73 Å². The molecule has 0 spiro atoms. The second kappa shape index (κ2) is 5.28. The highest BCUT2D eigenvalue weighted by Crippen LogP contribution is 2.28. The number of aryl methyl sites for hydroxylation is 1. The lowest BCUT2D eigenvalue weighted by atomic mass is 10.1. The third kappa shape index (κ3) is 2.52. The molecule has 0 saturated heterocycles. The van der Waals surface area contributed by atoms with Crippen LogP contribution in [0.25, 0.3) is 0 Å². The van der Waals surface area contributed by atoms with E-state index < -0.39 is 10.0 Å². The Balaban J connectivity index is 3.42. The van der Waals surface area contributed by atoms with Gasteiger partial charge in [0, 0.05) is 18.8 Å². The van der Waals surface area contributed by atoms with Gasteiger partial charge in [-0.15, -0.1) is 0 Å². The van der Waals surface area contributed by atoms with Crippen molar-refractivity contribution < 1.29 is 8.42 Å². The Morgan fingerprint density at radius 3 is 2.39 bits per heavy atom. The average Bonchev–Trinajstić information content (AvgIpc) is 2.32. The Kier molecular flexibility index (Phi) is 4.40. The van der Waals surface area contributed by atoms with Crippen molar-refractivity contribution in [3.8, 4) is 0 Å². The van der Waals surface area contributed by atoms with Gasteiger partial charge in [-0.1, -0.05) is 13.0 Å². The van der Waals surface area contributed by atoms with Gasteiger partial charge < -0.3 is 5.73 Å². The monoisotopic (exact) mass is 270 g/mol. The first-order chi connectivity index (χ1) is 8.23. The van der Waals surface area contributed by atoms with Crippen LogP contribution >= 0.6 is 0 Å². The van der Waals surface area contributed by atoms with Crippen molar-refractivity contribution in [3.63, 3.8) is 0 Å². The van der Waals surface area contributed by atoms with E-state index in [0.29, 0.717) is 16.1 Å². The van der Waals surface area contributed by atoms with Crippen LogP contribution in [0.2, 0.25) is 0 Å². The fraction of sp³-hybridized carbons (Fsp3) is 0.538. The maximum atomic E-state index is 12.6. The van der Waals surface area contributed by atoms with Gasteiger partial charge in [0.15, 0.2) is 0 Å². The van der Waals surface area contributed by atoms with Crippen LogP contribution in [0.1, 0.15) is 31.4 Å². The van der Waals surface area contributed by atoms with E-state index in [4.69, 9.17) is 5.73 Å². The summed E-state index contributed by atoms with van der Waals surface area (Å²) in [7, 11) is -1.86. The number of benzene rings is 1. The third-order valence-electron chi connectivity index (χ3n) is 3.49. The van der Waals surface area contributed by atoms with Crippen LogP contribution in [0.5, 0.6) is 0 Å². The summed E-state index contributed by atoms with van der Waals surface area (Å²) >= 11 is 0. The van der Waals surface area contributed by atoms with Crippen LogP contribution in [0.3, 0.4) is 0 Å². The first-order valence-electron chi connectivity index (χ1n) is 6.07. The lowest BCUT2D eigenvalue weighted by Gasteiger charge is -2.25. The van der Waals surface area contributed by atoms with E-state index in [1.54, 1.807) is 33.0 Å². The predicted molar refractivity (Wildman–Crippen MR) is 75.0 cm³/mol. The van der Waals surface area contributed by atoms with Gasteiger partial charge in [0.1, 0.15) is 0 Å². The zero-order valence-electron chi connectivity index (χ0n) is 11.7. The van der Waals surface area contributed by atoms with Crippen LogP contribution in [0, 0.1) is 13.8 Å². The number of nitrogens with zero attached hydrogens (tertiary/aromatic N) is 1. The summed E-state index contributed by atoms with van der Waals surface area (Å²) in [6.07, 6.45) is 0.774. The van der Waals surface area contributed by atoms with Gasteiger partial charge in [-0.3, -0.25) is 0 Å². The average molecular weight is 270 g/mol. The molecule has 2 N–H and O–H groups in total. The summed E-state index contributed by atoms with van der Waals surface area (Å²) in [6, 6.07) is 3.46. The first kappa shape index (κ1) is 15.0. The molecule has 0 aromatic heterocycles. The summed E-state index contributed by atoms with van der Waals surface area (Å²) in [4.78, 5) is 0.338. The molecule has 0 radical (unpaired) electrons. The van der Waals surface area contributed by atoms with Crippen LogP contribution in [0.15, 0.2) is 17.0 Å². The quantitative estimate of drug-likeness (QED) is 0.854. The van der Waals surface area contributed by atoms with Crippen molar-refractivity contribution in [2.24, 2.45) is 0 Å². The molecule has 0 aliphatic heterocycles. The normalized spacial score (nSPS) is 13.9. The second-order valence-corrected chi connectivity index (χ2v) is 6.64. The molecule has 102 valence electrons. The number of sulfonamides is 1. The molecular formula is C13H22N2O2S. The minimum atomic E-state index is -3.48. The van der Waals surface area contributed by atoms with Crippen LogP contribution in [-0.2, 0) is 10.0 Å². The fourth-order valence-corrected chi connectivity index (χ4v) is 3.77. The Hall–Kier alpha value is -1.07. The number of anilines is 1. The summed E-state index contributed by atoms with van der Waals surface area (Å²) in [5.41, 5.74) is 7.69. The molecule has 5 heteroatoms. The zero-order valence-corrected chi connectivity index (χ0v) is 12.5. The Bertz CT molecular complexity index is 538. The van der Waals surface area contributed by atoms with Gasteiger partial charge in [0.05, 0.1) is 4.90 Å². The van der Waals surface area contributed by atoms with Gasteiger partial charge in [-0.2, -0.15) is 4.31 Å². The summed E-state index contributed by atoms with van der Waals surface area (Å²) in [5, 5.41) is 0. The van der Waals surface area contributed by atoms with Crippen molar-refractivity contribution in [3.05, 3.63) is 23.3 Å².